The van der Waals surface area contributed by atoms with Crippen molar-refractivity contribution in [2.24, 2.45) is 0 Å². The molecule has 0 fully saturated rings. The van der Waals surface area contributed by atoms with E-state index in [1.54, 1.807) is 19.2 Å². The van der Waals surface area contributed by atoms with E-state index >= 15 is 0 Å². The molecule has 1 nitrogen and oxygen atoms in total. The Hall–Kier alpha value is -1.44. The molecule has 2 aromatic rings. The normalized spacial score (nSPS) is 10.8. The first kappa shape index (κ1) is 13.0. The molecule has 0 atom stereocenters. The highest BCUT2D eigenvalue weighted by atomic mass is 35.5. The van der Waals surface area contributed by atoms with Crippen LogP contribution in [-0.2, 0) is 0 Å². The summed E-state index contributed by atoms with van der Waals surface area (Å²) < 4.78 is 5.10. The van der Waals surface area contributed by atoms with Crippen molar-refractivity contribution in [2.75, 3.05) is 7.11 Å². The molecule has 0 heterocycles. The Balaban J connectivity index is 2.32. The van der Waals surface area contributed by atoms with Crippen molar-refractivity contribution >= 4 is 35.4 Å². The van der Waals surface area contributed by atoms with Gasteiger partial charge in [-0.3, -0.25) is 0 Å². The van der Waals surface area contributed by atoms with Crippen LogP contribution in [0.1, 0.15) is 11.1 Å². The van der Waals surface area contributed by atoms with Gasteiger partial charge >= 0.3 is 0 Å². The van der Waals surface area contributed by atoms with Crippen LogP contribution in [0.3, 0.4) is 0 Å². The van der Waals surface area contributed by atoms with Gasteiger partial charge in [0.05, 0.1) is 17.2 Å². The minimum absolute atomic E-state index is 0.575. The SMILES string of the molecule is COc1cc(Cl)c(/C=C/c2ccccc2)c(Cl)c1. The number of ether oxygens (including phenoxy) is 1. The van der Waals surface area contributed by atoms with E-state index in [-0.39, 0.29) is 0 Å². The maximum atomic E-state index is 6.16. The van der Waals surface area contributed by atoms with Gasteiger partial charge in [-0.15, -0.1) is 0 Å². The van der Waals surface area contributed by atoms with Crippen LogP contribution in [-0.4, -0.2) is 7.11 Å². The number of methoxy groups -OCH3 is 1. The zero-order valence-electron chi connectivity index (χ0n) is 9.86. The summed E-state index contributed by atoms with van der Waals surface area (Å²) in [7, 11) is 1.58. The van der Waals surface area contributed by atoms with Gasteiger partial charge in [-0.1, -0.05) is 65.7 Å². The second kappa shape index (κ2) is 5.94. The van der Waals surface area contributed by atoms with Crippen molar-refractivity contribution in [1.82, 2.24) is 0 Å². The van der Waals surface area contributed by atoms with Gasteiger partial charge in [-0.25, -0.2) is 0 Å². The second-order valence-electron chi connectivity index (χ2n) is 3.75. The number of benzene rings is 2. The molecule has 0 saturated heterocycles. The van der Waals surface area contributed by atoms with Gasteiger partial charge in [0.25, 0.3) is 0 Å². The molecular formula is C15H12Cl2O. The highest BCUT2D eigenvalue weighted by Crippen LogP contribution is 2.31. The molecular weight excluding hydrogens is 267 g/mol. The van der Waals surface area contributed by atoms with Crippen LogP contribution in [0, 0.1) is 0 Å². The molecule has 0 aromatic heterocycles. The van der Waals surface area contributed by atoms with E-state index in [0.29, 0.717) is 15.8 Å². The Morgan fingerprint density at radius 1 is 0.944 bits per heavy atom. The molecule has 3 heteroatoms. The maximum Gasteiger partial charge on any atom is 0.121 e. The molecule has 0 radical (unpaired) electrons. The van der Waals surface area contributed by atoms with Crippen LogP contribution in [0.15, 0.2) is 42.5 Å². The fourth-order valence-electron chi connectivity index (χ4n) is 1.58. The van der Waals surface area contributed by atoms with Crippen LogP contribution in [0.5, 0.6) is 5.75 Å². The topological polar surface area (TPSA) is 9.23 Å². The summed E-state index contributed by atoms with van der Waals surface area (Å²) in [5.74, 6) is 0.655. The first-order valence-electron chi connectivity index (χ1n) is 5.47. The van der Waals surface area contributed by atoms with Gasteiger partial charge in [0.1, 0.15) is 5.75 Å². The lowest BCUT2D eigenvalue weighted by Gasteiger charge is -2.05. The number of hydrogen-bond donors (Lipinski definition) is 0. The second-order valence-corrected chi connectivity index (χ2v) is 4.56. The zero-order chi connectivity index (χ0) is 13.0. The molecule has 0 N–H and O–H groups in total. The average Bonchev–Trinajstić information content (AvgIpc) is 2.38. The largest absolute Gasteiger partial charge is 0.497 e. The maximum absolute atomic E-state index is 6.16. The summed E-state index contributed by atoms with van der Waals surface area (Å²) >= 11 is 12.3. The molecule has 2 rings (SSSR count). The van der Waals surface area contributed by atoms with Gasteiger partial charge in [-0.2, -0.15) is 0 Å². The summed E-state index contributed by atoms with van der Waals surface area (Å²) in [6.07, 6.45) is 3.87. The fraction of sp³-hybridized carbons (Fsp3) is 0.0667. The molecule has 0 unspecified atom stereocenters. The van der Waals surface area contributed by atoms with Gasteiger partial charge in [-0.05, 0) is 17.7 Å². The lowest BCUT2D eigenvalue weighted by atomic mass is 10.1. The van der Waals surface area contributed by atoms with E-state index < -0.39 is 0 Å². The molecule has 92 valence electrons. The molecule has 0 amide bonds. The number of rotatable bonds is 3. The minimum atomic E-state index is 0.575. The van der Waals surface area contributed by atoms with Gasteiger partial charge in [0.2, 0.25) is 0 Å². The predicted octanol–water partition coefficient (Wildman–Crippen LogP) is 5.17. The molecule has 0 spiro atoms. The van der Waals surface area contributed by atoms with Crippen LogP contribution >= 0.6 is 23.2 Å². The molecule has 0 aliphatic rings. The van der Waals surface area contributed by atoms with E-state index in [1.165, 1.54) is 0 Å². The molecule has 2 aromatic carbocycles. The Morgan fingerprint density at radius 2 is 1.56 bits per heavy atom. The van der Waals surface area contributed by atoms with Gasteiger partial charge < -0.3 is 4.74 Å². The highest BCUT2D eigenvalue weighted by Gasteiger charge is 2.05. The Labute approximate surface area is 117 Å². The minimum Gasteiger partial charge on any atom is -0.497 e. The first-order chi connectivity index (χ1) is 8.70. The van der Waals surface area contributed by atoms with Gasteiger partial charge in [0.15, 0.2) is 0 Å². The van der Waals surface area contributed by atoms with Crippen molar-refractivity contribution in [3.05, 3.63) is 63.6 Å². The molecule has 18 heavy (non-hydrogen) atoms. The first-order valence-corrected chi connectivity index (χ1v) is 6.22. The van der Waals surface area contributed by atoms with Crippen LogP contribution in [0.2, 0.25) is 10.0 Å². The van der Waals surface area contributed by atoms with E-state index in [4.69, 9.17) is 27.9 Å². The van der Waals surface area contributed by atoms with Gasteiger partial charge in [0, 0.05) is 5.56 Å². The molecule has 0 saturated carbocycles. The summed E-state index contributed by atoms with van der Waals surface area (Å²) in [6.45, 7) is 0. The average molecular weight is 279 g/mol. The van der Waals surface area contributed by atoms with E-state index in [0.717, 1.165) is 11.1 Å². The monoisotopic (exact) mass is 278 g/mol. The number of hydrogen-bond acceptors (Lipinski definition) is 1. The quantitative estimate of drug-likeness (QED) is 0.704. The van der Waals surface area contributed by atoms with Crippen molar-refractivity contribution in [1.29, 1.82) is 0 Å². The standard InChI is InChI=1S/C15H12Cl2O/c1-18-12-9-14(16)13(15(17)10-12)8-7-11-5-3-2-4-6-11/h2-10H,1H3/b8-7+. The zero-order valence-corrected chi connectivity index (χ0v) is 11.4. The smallest absolute Gasteiger partial charge is 0.121 e. The summed E-state index contributed by atoms with van der Waals surface area (Å²) in [6, 6.07) is 13.5. The molecule has 0 bridgehead atoms. The van der Waals surface area contributed by atoms with Crippen LogP contribution < -0.4 is 4.74 Å². The van der Waals surface area contributed by atoms with E-state index in [1.807, 2.05) is 42.5 Å². The summed E-state index contributed by atoms with van der Waals surface area (Å²) in [5, 5.41) is 1.15. The summed E-state index contributed by atoms with van der Waals surface area (Å²) in [5.41, 5.74) is 1.89. The Kier molecular flexibility index (Phi) is 4.29. The Bertz CT molecular complexity index is 539. The van der Waals surface area contributed by atoms with Crippen molar-refractivity contribution < 1.29 is 4.74 Å². The lowest BCUT2D eigenvalue weighted by molar-refractivity contribution is 0.415. The van der Waals surface area contributed by atoms with Crippen molar-refractivity contribution in [2.45, 2.75) is 0 Å². The predicted molar refractivity (Wildman–Crippen MR) is 78.4 cm³/mol. The van der Waals surface area contributed by atoms with Crippen molar-refractivity contribution in [3.8, 4) is 5.75 Å². The highest BCUT2D eigenvalue weighted by molar-refractivity contribution is 6.37. The van der Waals surface area contributed by atoms with Crippen molar-refractivity contribution in [3.63, 3.8) is 0 Å². The van der Waals surface area contributed by atoms with E-state index in [2.05, 4.69) is 0 Å². The third kappa shape index (κ3) is 3.06. The van der Waals surface area contributed by atoms with E-state index in [9.17, 15) is 0 Å². The Morgan fingerprint density at radius 3 is 2.11 bits per heavy atom. The molecule has 0 aliphatic carbocycles. The number of halogens is 2. The van der Waals surface area contributed by atoms with Crippen LogP contribution in [0.25, 0.3) is 12.2 Å². The van der Waals surface area contributed by atoms with Crippen LogP contribution in [0.4, 0.5) is 0 Å². The third-order valence-corrected chi connectivity index (χ3v) is 3.16. The third-order valence-electron chi connectivity index (χ3n) is 2.53. The molecule has 0 aliphatic heterocycles. The lowest BCUT2D eigenvalue weighted by Crippen LogP contribution is -1.85. The fourth-order valence-corrected chi connectivity index (χ4v) is 2.17. The summed E-state index contributed by atoms with van der Waals surface area (Å²) in [4.78, 5) is 0.